The molecule has 2 aromatic rings. The monoisotopic (exact) mass is 444 g/mol. The highest BCUT2D eigenvalue weighted by Crippen LogP contribution is 2.20. The highest BCUT2D eigenvalue weighted by Gasteiger charge is 2.01. The SMILES string of the molecule is N#CSc1cccc(NC(=S)NCCNC(=S)Nc2cccc(N=C=S)c2)c1. The van der Waals surface area contributed by atoms with Crippen LogP contribution in [0.5, 0.6) is 0 Å². The van der Waals surface area contributed by atoms with Gasteiger partial charge in [0.15, 0.2) is 10.2 Å². The third kappa shape index (κ3) is 8.00. The fraction of sp³-hybridized carbons (Fsp3) is 0.111. The number of aliphatic imine (C=N–C) groups is 1. The molecule has 0 unspecified atom stereocenters. The molecule has 0 amide bonds. The molecule has 0 fully saturated rings. The van der Waals surface area contributed by atoms with Gasteiger partial charge in [0.25, 0.3) is 0 Å². The maximum atomic E-state index is 8.73. The van der Waals surface area contributed by atoms with E-state index < -0.39 is 0 Å². The Balaban J connectivity index is 1.70. The average Bonchev–Trinajstić information content (AvgIpc) is 2.66. The van der Waals surface area contributed by atoms with Gasteiger partial charge in [-0.1, -0.05) is 12.1 Å². The second-order valence-corrected chi connectivity index (χ2v) is 7.09. The van der Waals surface area contributed by atoms with E-state index in [1.807, 2.05) is 53.9 Å². The minimum absolute atomic E-state index is 0.491. The molecule has 0 spiro atoms. The van der Waals surface area contributed by atoms with Gasteiger partial charge in [-0.25, -0.2) is 0 Å². The van der Waals surface area contributed by atoms with E-state index in [4.69, 9.17) is 29.7 Å². The van der Waals surface area contributed by atoms with Crippen molar-refractivity contribution in [3.05, 3.63) is 48.5 Å². The molecule has 142 valence electrons. The van der Waals surface area contributed by atoms with Crippen molar-refractivity contribution >= 4 is 80.9 Å². The van der Waals surface area contributed by atoms with Crippen molar-refractivity contribution < 1.29 is 0 Å². The largest absolute Gasteiger partial charge is 0.361 e. The lowest BCUT2D eigenvalue weighted by Crippen LogP contribution is -2.38. The van der Waals surface area contributed by atoms with Crippen molar-refractivity contribution in [2.75, 3.05) is 23.7 Å². The Morgan fingerprint density at radius 2 is 1.57 bits per heavy atom. The van der Waals surface area contributed by atoms with Crippen molar-refractivity contribution in [2.24, 2.45) is 4.99 Å². The van der Waals surface area contributed by atoms with Crippen LogP contribution in [0.2, 0.25) is 0 Å². The second kappa shape index (κ2) is 12.0. The predicted molar refractivity (Wildman–Crippen MR) is 127 cm³/mol. The van der Waals surface area contributed by atoms with Crippen LogP contribution in [-0.2, 0) is 0 Å². The van der Waals surface area contributed by atoms with E-state index in [2.05, 4.69) is 43.6 Å². The van der Waals surface area contributed by atoms with Gasteiger partial charge >= 0.3 is 0 Å². The number of nitrogens with zero attached hydrogens (tertiary/aromatic N) is 2. The van der Waals surface area contributed by atoms with Crippen LogP contribution in [0.1, 0.15) is 0 Å². The van der Waals surface area contributed by atoms with E-state index in [-0.39, 0.29) is 0 Å². The van der Waals surface area contributed by atoms with Gasteiger partial charge in [0.05, 0.1) is 10.8 Å². The molecular weight excluding hydrogens is 429 g/mol. The van der Waals surface area contributed by atoms with Crippen LogP contribution in [0.15, 0.2) is 58.4 Å². The summed E-state index contributed by atoms with van der Waals surface area (Å²) in [5, 5.41) is 26.4. The zero-order chi connectivity index (χ0) is 20.2. The summed E-state index contributed by atoms with van der Waals surface area (Å²) in [6.45, 7) is 1.16. The van der Waals surface area contributed by atoms with Crippen LogP contribution in [0, 0.1) is 10.7 Å². The number of nitriles is 1. The van der Waals surface area contributed by atoms with Gasteiger partial charge < -0.3 is 21.3 Å². The molecule has 0 saturated heterocycles. The number of nitrogens with one attached hydrogen (secondary N) is 4. The third-order valence-corrected chi connectivity index (χ3v) is 4.40. The molecule has 0 aromatic heterocycles. The second-order valence-electron chi connectivity index (χ2n) is 5.24. The zero-order valence-corrected chi connectivity index (χ0v) is 17.8. The number of thiocyanates is 1. The lowest BCUT2D eigenvalue weighted by Gasteiger charge is -2.13. The summed E-state index contributed by atoms with van der Waals surface area (Å²) < 4.78 is 0. The molecule has 6 nitrogen and oxygen atoms in total. The van der Waals surface area contributed by atoms with Crippen LogP contribution >= 0.6 is 48.4 Å². The summed E-state index contributed by atoms with van der Waals surface area (Å²) in [5.41, 5.74) is 2.34. The minimum atomic E-state index is 0.491. The van der Waals surface area contributed by atoms with Gasteiger partial charge in [0, 0.05) is 29.4 Å². The molecule has 0 bridgehead atoms. The Hall–Kier alpha value is -2.54. The molecule has 0 atom stereocenters. The molecule has 2 rings (SSSR count). The topological polar surface area (TPSA) is 84.3 Å². The third-order valence-electron chi connectivity index (χ3n) is 3.23. The molecule has 0 heterocycles. The van der Waals surface area contributed by atoms with Crippen molar-refractivity contribution in [1.82, 2.24) is 10.6 Å². The summed E-state index contributed by atoms with van der Waals surface area (Å²) in [6.07, 6.45) is 0. The summed E-state index contributed by atoms with van der Waals surface area (Å²) in [7, 11) is 0. The number of benzene rings is 2. The Morgan fingerprint density at radius 3 is 2.18 bits per heavy atom. The Labute approximate surface area is 183 Å². The fourth-order valence-corrected chi connectivity index (χ4v) is 3.08. The van der Waals surface area contributed by atoms with Gasteiger partial charge in [0.2, 0.25) is 0 Å². The van der Waals surface area contributed by atoms with Crippen molar-refractivity contribution in [2.45, 2.75) is 4.90 Å². The lowest BCUT2D eigenvalue weighted by atomic mass is 10.3. The highest BCUT2D eigenvalue weighted by molar-refractivity contribution is 8.03. The molecule has 0 aliphatic rings. The minimum Gasteiger partial charge on any atom is -0.361 e. The maximum absolute atomic E-state index is 8.73. The van der Waals surface area contributed by atoms with Gasteiger partial charge in [-0.2, -0.15) is 10.3 Å². The van der Waals surface area contributed by atoms with Gasteiger partial charge in [-0.05, 0) is 84.8 Å². The smallest absolute Gasteiger partial charge is 0.170 e. The van der Waals surface area contributed by atoms with Crippen LogP contribution in [0.4, 0.5) is 17.1 Å². The van der Waals surface area contributed by atoms with Crippen molar-refractivity contribution in [3.63, 3.8) is 0 Å². The molecule has 0 aliphatic carbocycles. The van der Waals surface area contributed by atoms with Crippen LogP contribution in [0.3, 0.4) is 0 Å². The highest BCUT2D eigenvalue weighted by atomic mass is 32.2. The summed E-state index contributed by atoms with van der Waals surface area (Å²) in [6, 6.07) is 14.9. The zero-order valence-electron chi connectivity index (χ0n) is 14.6. The number of thiocarbonyl (C=S) groups is 3. The first-order valence-electron chi connectivity index (χ1n) is 8.04. The molecule has 28 heavy (non-hydrogen) atoms. The number of anilines is 2. The normalized spacial score (nSPS) is 9.39. The van der Waals surface area contributed by atoms with Crippen LogP contribution in [-0.4, -0.2) is 28.5 Å². The maximum Gasteiger partial charge on any atom is 0.170 e. The van der Waals surface area contributed by atoms with E-state index in [0.29, 0.717) is 29.0 Å². The van der Waals surface area contributed by atoms with E-state index in [0.717, 1.165) is 28.0 Å². The predicted octanol–water partition coefficient (Wildman–Crippen LogP) is 4.27. The summed E-state index contributed by atoms with van der Waals surface area (Å²) >= 11 is 16.3. The van der Waals surface area contributed by atoms with Gasteiger partial charge in [-0.15, -0.1) is 0 Å². The van der Waals surface area contributed by atoms with Crippen LogP contribution < -0.4 is 21.3 Å². The molecular formula is C18H16N6S4. The standard InChI is InChI=1S/C18H16N6S4/c19-11-28-16-6-2-5-15(10-16)24-18(27)21-8-7-20-17(26)23-14-4-1-3-13(9-14)22-12-25/h1-6,9-10H,7-8H2,(H2,20,23,26)(H2,21,24,27). The lowest BCUT2D eigenvalue weighted by molar-refractivity contribution is 0.821. The molecule has 2 aromatic carbocycles. The number of hydrogen-bond acceptors (Lipinski definition) is 6. The quantitative estimate of drug-likeness (QED) is 0.164. The summed E-state index contributed by atoms with van der Waals surface area (Å²) in [4.78, 5) is 4.79. The van der Waals surface area contributed by atoms with Gasteiger partial charge in [-0.3, -0.25) is 0 Å². The average molecular weight is 445 g/mol. The number of isothiocyanates is 1. The molecule has 0 aliphatic heterocycles. The molecule has 0 radical (unpaired) electrons. The van der Waals surface area contributed by atoms with Gasteiger partial charge in [0.1, 0.15) is 5.40 Å². The Kier molecular flexibility index (Phi) is 9.34. The first-order chi connectivity index (χ1) is 13.6. The molecule has 4 N–H and O–H groups in total. The van der Waals surface area contributed by atoms with E-state index >= 15 is 0 Å². The fourth-order valence-electron chi connectivity index (χ4n) is 2.10. The number of thioether (sulfide) groups is 1. The first kappa shape index (κ1) is 21.8. The Bertz CT molecular complexity index is 934. The van der Waals surface area contributed by atoms with Crippen LogP contribution in [0.25, 0.3) is 0 Å². The summed E-state index contributed by atoms with van der Waals surface area (Å²) in [5.74, 6) is 0. The van der Waals surface area contributed by atoms with E-state index in [1.165, 1.54) is 0 Å². The number of rotatable bonds is 7. The molecule has 0 saturated carbocycles. The van der Waals surface area contributed by atoms with E-state index in [9.17, 15) is 0 Å². The molecule has 10 heteroatoms. The first-order valence-corrected chi connectivity index (χ1v) is 10.1. The Morgan fingerprint density at radius 1 is 0.964 bits per heavy atom. The number of hydrogen-bond donors (Lipinski definition) is 4. The van der Waals surface area contributed by atoms with E-state index in [1.54, 1.807) is 0 Å². The van der Waals surface area contributed by atoms with Crippen molar-refractivity contribution in [3.8, 4) is 5.40 Å². The van der Waals surface area contributed by atoms with Crippen molar-refractivity contribution in [1.29, 1.82) is 5.26 Å².